The smallest absolute Gasteiger partial charge is 0.410 e. The topological polar surface area (TPSA) is 115 Å². The molecule has 51 heavy (non-hydrogen) atoms. The van der Waals surface area contributed by atoms with Crippen molar-refractivity contribution in [2.24, 2.45) is 23.7 Å². The second-order valence-corrected chi connectivity index (χ2v) is 16.3. The highest BCUT2D eigenvalue weighted by Gasteiger charge is 2.70. The van der Waals surface area contributed by atoms with Gasteiger partial charge in [-0.15, -0.1) is 0 Å². The summed E-state index contributed by atoms with van der Waals surface area (Å²) in [5.41, 5.74) is 1.30. The van der Waals surface area contributed by atoms with Crippen LogP contribution in [-0.4, -0.2) is 59.6 Å². The van der Waals surface area contributed by atoms with Crippen molar-refractivity contribution < 1.29 is 38.0 Å². The van der Waals surface area contributed by atoms with E-state index in [1.54, 1.807) is 4.90 Å². The van der Waals surface area contributed by atoms with Gasteiger partial charge < -0.3 is 25.0 Å². The predicted molar refractivity (Wildman–Crippen MR) is 185 cm³/mol. The number of benzene rings is 2. The number of ether oxygens (including phenoxy) is 2. The summed E-state index contributed by atoms with van der Waals surface area (Å²) in [4.78, 5) is 52.6. The van der Waals surface area contributed by atoms with E-state index in [4.69, 9.17) is 19.2 Å². The second kappa shape index (κ2) is 13.8. The average Bonchev–Trinajstić information content (AvgIpc) is 3.48. The van der Waals surface area contributed by atoms with Crippen molar-refractivity contribution >= 4 is 17.9 Å². The number of hydrogen-bond acceptors (Lipinski definition) is 7. The molecule has 0 aromatic heterocycles. The summed E-state index contributed by atoms with van der Waals surface area (Å²) in [7, 11) is 0. The lowest BCUT2D eigenvalue weighted by molar-refractivity contribution is -0.391. The van der Waals surface area contributed by atoms with Gasteiger partial charge in [0.05, 0.1) is 0 Å². The lowest BCUT2D eigenvalue weighted by Gasteiger charge is -2.62. The average molecular weight is 704 g/mol. The molecule has 4 atom stereocenters. The molecule has 7 aliphatic rings. The van der Waals surface area contributed by atoms with Crippen LogP contribution in [0.2, 0.25) is 0 Å². The summed E-state index contributed by atoms with van der Waals surface area (Å²) in [6, 6.07) is 13.3. The minimum absolute atomic E-state index is 0.0000424. The Morgan fingerprint density at radius 2 is 1.65 bits per heavy atom. The first-order chi connectivity index (χ1) is 24.6. The van der Waals surface area contributed by atoms with E-state index in [1.165, 1.54) is 29.8 Å². The molecule has 2 aromatic carbocycles. The molecule has 10 nitrogen and oxygen atoms in total. The first-order valence-electron chi connectivity index (χ1n) is 19.1. The Balaban J connectivity index is 0.845. The molecular formula is C40H50FN3O7. The van der Waals surface area contributed by atoms with Gasteiger partial charge in [0.2, 0.25) is 17.5 Å². The molecule has 2 aliphatic heterocycles. The maximum Gasteiger partial charge on any atom is 0.415 e. The third-order valence-electron chi connectivity index (χ3n) is 12.6. The highest BCUT2D eigenvalue weighted by molar-refractivity contribution is 5.94. The van der Waals surface area contributed by atoms with Gasteiger partial charge >= 0.3 is 6.09 Å². The number of amides is 3. The number of carbonyl (C=O) groups excluding carboxylic acids is 3. The quantitative estimate of drug-likeness (QED) is 0.225. The third-order valence-corrected chi connectivity index (χ3v) is 12.6. The van der Waals surface area contributed by atoms with E-state index in [-0.39, 0.29) is 47.0 Å². The van der Waals surface area contributed by atoms with E-state index in [2.05, 4.69) is 29.7 Å². The maximum absolute atomic E-state index is 13.2. The van der Waals surface area contributed by atoms with E-state index in [9.17, 15) is 18.8 Å². The highest BCUT2D eigenvalue weighted by atomic mass is 19.1. The van der Waals surface area contributed by atoms with Gasteiger partial charge in [0.15, 0.2) is 0 Å². The number of halogens is 1. The van der Waals surface area contributed by atoms with Crippen molar-refractivity contribution in [2.45, 2.75) is 113 Å². The number of piperidine rings is 1. The summed E-state index contributed by atoms with van der Waals surface area (Å²) in [5.74, 6) is -0.0338. The Hall–Kier alpha value is -3.54. The molecule has 9 rings (SSSR count). The standard InChI is InChI=1S/C40H50FN3O7/c1-26-14-18-44(19-15-26)37(47)48-34-12-8-28(9-13-34)30-4-2-16-39(23-30)49-40(51-50-39)31-20-27-21-32(40)25-38(22-27,24-31)43-35(45)5-3-17-42-36(46)29-6-10-33(41)11-7-29/h6-13,26-27,30-32H,2-5,14-25H2,1H3,(H,42,46)(H,43,45)/t27?,30-,31?,32?,38?,39-,40?/m1/s1. The molecule has 2 heterocycles. The lowest BCUT2D eigenvalue weighted by atomic mass is 9.50. The Kier molecular flexibility index (Phi) is 9.34. The normalized spacial score (nSPS) is 34.2. The van der Waals surface area contributed by atoms with E-state index in [0.717, 1.165) is 77.3 Å². The summed E-state index contributed by atoms with van der Waals surface area (Å²) >= 11 is 0. The van der Waals surface area contributed by atoms with Gasteiger partial charge in [-0.25, -0.2) is 9.18 Å². The predicted octanol–water partition coefficient (Wildman–Crippen LogP) is 6.99. The van der Waals surface area contributed by atoms with Crippen molar-refractivity contribution in [1.29, 1.82) is 0 Å². The van der Waals surface area contributed by atoms with Gasteiger partial charge in [-0.05, 0) is 124 Å². The zero-order valence-electron chi connectivity index (χ0n) is 29.5. The molecule has 3 amide bonds. The molecule has 11 heteroatoms. The molecular weight excluding hydrogens is 653 g/mol. The Bertz CT molecular complexity index is 1590. The molecule has 2 aromatic rings. The maximum atomic E-state index is 13.2. The van der Waals surface area contributed by atoms with Crippen LogP contribution in [0.5, 0.6) is 5.75 Å². The van der Waals surface area contributed by atoms with Crippen molar-refractivity contribution in [2.75, 3.05) is 19.6 Å². The lowest BCUT2D eigenvalue weighted by Crippen LogP contribution is -2.69. The molecule has 7 fully saturated rings. The van der Waals surface area contributed by atoms with Gasteiger partial charge in [-0.2, -0.15) is 9.78 Å². The molecule has 274 valence electrons. The molecule has 2 spiro atoms. The second-order valence-electron chi connectivity index (χ2n) is 16.3. The van der Waals surface area contributed by atoms with Gasteiger partial charge in [-0.3, -0.25) is 9.59 Å². The fourth-order valence-corrected chi connectivity index (χ4v) is 10.2. The van der Waals surface area contributed by atoms with Crippen LogP contribution in [0.1, 0.15) is 112 Å². The molecule has 0 radical (unpaired) electrons. The van der Waals surface area contributed by atoms with Gasteiger partial charge in [-0.1, -0.05) is 19.1 Å². The summed E-state index contributed by atoms with van der Waals surface area (Å²) in [5, 5.41) is 6.24. The van der Waals surface area contributed by atoms with Gasteiger partial charge in [0.25, 0.3) is 5.91 Å². The van der Waals surface area contributed by atoms with Crippen molar-refractivity contribution in [3.8, 4) is 5.75 Å². The number of carbonyl (C=O) groups is 3. The zero-order chi connectivity index (χ0) is 35.2. The Morgan fingerprint density at radius 3 is 2.37 bits per heavy atom. The summed E-state index contributed by atoms with van der Waals surface area (Å²) < 4.78 is 25.9. The fraction of sp³-hybridized carbons (Fsp3) is 0.625. The minimum Gasteiger partial charge on any atom is -0.410 e. The first-order valence-corrected chi connectivity index (χ1v) is 19.1. The van der Waals surface area contributed by atoms with Crippen LogP contribution in [0.4, 0.5) is 9.18 Å². The van der Waals surface area contributed by atoms with E-state index >= 15 is 0 Å². The van der Waals surface area contributed by atoms with E-state index in [0.29, 0.717) is 49.0 Å². The molecule has 5 saturated carbocycles. The monoisotopic (exact) mass is 703 g/mol. The number of nitrogens with zero attached hydrogens (tertiary/aromatic N) is 1. The van der Waals surface area contributed by atoms with Crippen LogP contribution >= 0.6 is 0 Å². The highest BCUT2D eigenvalue weighted by Crippen LogP contribution is 2.65. The third kappa shape index (κ3) is 7.01. The number of rotatable bonds is 8. The van der Waals surface area contributed by atoms with E-state index < -0.39 is 11.6 Å². The summed E-state index contributed by atoms with van der Waals surface area (Å²) in [6.45, 7) is 4.08. The number of likely N-dealkylation sites (tertiary alicyclic amines) is 1. The molecule has 5 aliphatic carbocycles. The van der Waals surface area contributed by atoms with Crippen molar-refractivity contribution in [1.82, 2.24) is 15.5 Å². The molecule has 2 saturated heterocycles. The molecule has 2 unspecified atom stereocenters. The molecule has 2 N–H and O–H groups in total. The van der Waals surface area contributed by atoms with Crippen LogP contribution in [0.15, 0.2) is 48.5 Å². The van der Waals surface area contributed by atoms with Crippen molar-refractivity contribution in [3.05, 3.63) is 65.5 Å². The summed E-state index contributed by atoms with van der Waals surface area (Å²) in [6.07, 6.45) is 10.6. The Labute approximate surface area is 299 Å². The first kappa shape index (κ1) is 34.5. The van der Waals surface area contributed by atoms with Crippen LogP contribution in [0, 0.1) is 29.5 Å². The fourth-order valence-electron chi connectivity index (χ4n) is 10.2. The molecule has 4 bridgehead atoms. The Morgan fingerprint density at radius 1 is 0.922 bits per heavy atom. The van der Waals surface area contributed by atoms with Crippen LogP contribution < -0.4 is 15.4 Å². The van der Waals surface area contributed by atoms with Crippen LogP contribution in [0.25, 0.3) is 0 Å². The van der Waals surface area contributed by atoms with Crippen molar-refractivity contribution in [3.63, 3.8) is 0 Å². The van der Waals surface area contributed by atoms with Crippen LogP contribution in [0.3, 0.4) is 0 Å². The SMILES string of the molecule is CC1CCN(C(=O)Oc2ccc([C@@H]3CCC[C@]4(C3)OOC3(O4)C4CC5CC3CC(NC(=O)CCCNC(=O)c3ccc(F)cc3)(C5)C4)cc2)CC1. The number of nitrogens with one attached hydrogen (secondary N) is 2. The largest absolute Gasteiger partial charge is 0.415 e. The number of hydrogen-bond donors (Lipinski definition) is 2. The minimum atomic E-state index is -0.802. The van der Waals surface area contributed by atoms with Gasteiger partial charge in [0.1, 0.15) is 11.6 Å². The van der Waals surface area contributed by atoms with Gasteiger partial charge in [0, 0.05) is 61.8 Å². The van der Waals surface area contributed by atoms with Crippen LogP contribution in [-0.2, 0) is 19.3 Å². The van der Waals surface area contributed by atoms with E-state index in [1.807, 2.05) is 12.1 Å². The zero-order valence-corrected chi connectivity index (χ0v) is 29.5.